The summed E-state index contributed by atoms with van der Waals surface area (Å²) in [4.78, 5) is 4.74. The summed E-state index contributed by atoms with van der Waals surface area (Å²) < 4.78 is 0. The molecule has 0 amide bonds. The Morgan fingerprint density at radius 2 is 0.618 bits per heavy atom. The van der Waals surface area contributed by atoms with Crippen LogP contribution >= 0.6 is 0 Å². The molecular weight excluding hydrogens is 821 g/mol. The van der Waals surface area contributed by atoms with Gasteiger partial charge in [-0.25, -0.2) is 0 Å². The number of para-hydroxylation sites is 2. The number of hydrogen-bond acceptors (Lipinski definition) is 2. The molecule has 12 aromatic carbocycles. The maximum Gasteiger partial charge on any atom is 0.0540 e. The molecule has 0 heterocycles. The SMILES string of the molecule is C(=Cc1ccc(N(c2ccccc2)c2cc3ccc4cc(-c5ccc(N(c6ccccc6)c6ccc(/C=C/c7ccccc7)cc6)c6ccccc56)cc5ccc(c2)c3c45)cc1)c1ccccc1. The van der Waals surface area contributed by atoms with Crippen molar-refractivity contribution in [2.24, 2.45) is 0 Å². The molecular formula is C66H46N2. The summed E-state index contributed by atoms with van der Waals surface area (Å²) in [5.41, 5.74) is 13.8. The first-order valence-corrected chi connectivity index (χ1v) is 23.3. The van der Waals surface area contributed by atoms with Crippen LogP contribution in [0.1, 0.15) is 22.3 Å². The van der Waals surface area contributed by atoms with Crippen LogP contribution in [0.25, 0.3) is 78.5 Å². The zero-order valence-electron chi connectivity index (χ0n) is 37.5. The Balaban J connectivity index is 0.911. The average Bonchev–Trinajstić information content (AvgIpc) is 3.41. The van der Waals surface area contributed by atoms with Crippen molar-refractivity contribution in [3.05, 3.63) is 277 Å². The van der Waals surface area contributed by atoms with Gasteiger partial charge in [0.25, 0.3) is 0 Å². The molecule has 0 N–H and O–H groups in total. The first-order chi connectivity index (χ1) is 33.7. The summed E-state index contributed by atoms with van der Waals surface area (Å²) in [5, 5.41) is 9.93. The maximum absolute atomic E-state index is 2.39. The van der Waals surface area contributed by atoms with Gasteiger partial charge in [-0.1, -0.05) is 200 Å². The Labute approximate surface area is 397 Å². The van der Waals surface area contributed by atoms with E-state index in [4.69, 9.17) is 0 Å². The van der Waals surface area contributed by atoms with Crippen molar-refractivity contribution in [1.82, 2.24) is 0 Å². The number of hydrogen-bond donors (Lipinski definition) is 0. The fourth-order valence-corrected chi connectivity index (χ4v) is 9.85. The van der Waals surface area contributed by atoms with Crippen LogP contribution in [-0.4, -0.2) is 0 Å². The standard InChI is InChI=1S/C66H46N2/c1-5-15-47(16-6-1)25-27-49-29-37-58(38-30-49)67(56-19-9-3-10-20-56)60-45-53-35-33-51-43-55(44-52-34-36-54(46-60)66(53)65(51)52)61-41-42-64(63-24-14-13-23-62(61)63)68(57-21-11-4-12-22-57)59-39-31-50(32-40-59)28-26-48-17-7-2-8-18-48/h1-46H/b27-25?,28-26+. The zero-order chi connectivity index (χ0) is 45.2. The Morgan fingerprint density at radius 3 is 1.10 bits per heavy atom. The summed E-state index contributed by atoms with van der Waals surface area (Å²) in [7, 11) is 0. The van der Waals surface area contributed by atoms with Gasteiger partial charge in [0.2, 0.25) is 0 Å². The monoisotopic (exact) mass is 866 g/mol. The second kappa shape index (κ2) is 17.8. The van der Waals surface area contributed by atoms with E-state index in [-0.39, 0.29) is 0 Å². The third-order valence-corrected chi connectivity index (χ3v) is 13.1. The van der Waals surface area contributed by atoms with E-state index in [9.17, 15) is 0 Å². The van der Waals surface area contributed by atoms with Crippen LogP contribution in [0.5, 0.6) is 0 Å². The van der Waals surface area contributed by atoms with Crippen LogP contribution < -0.4 is 9.80 Å². The lowest BCUT2D eigenvalue weighted by molar-refractivity contribution is 1.29. The van der Waals surface area contributed by atoms with Gasteiger partial charge in [0.15, 0.2) is 0 Å². The lowest BCUT2D eigenvalue weighted by Gasteiger charge is -2.27. The molecule has 0 bridgehead atoms. The van der Waals surface area contributed by atoms with E-state index in [0.29, 0.717) is 0 Å². The lowest BCUT2D eigenvalue weighted by atomic mass is 9.89. The van der Waals surface area contributed by atoms with Gasteiger partial charge in [0, 0.05) is 33.8 Å². The maximum atomic E-state index is 2.39. The minimum atomic E-state index is 1.11. The van der Waals surface area contributed by atoms with Crippen molar-refractivity contribution in [3.63, 3.8) is 0 Å². The Kier molecular flexibility index (Phi) is 10.6. The molecule has 0 unspecified atom stereocenters. The molecule has 320 valence electrons. The average molecular weight is 867 g/mol. The highest BCUT2D eigenvalue weighted by Gasteiger charge is 2.20. The minimum absolute atomic E-state index is 1.11. The highest BCUT2D eigenvalue weighted by Crippen LogP contribution is 2.45. The molecule has 0 atom stereocenters. The number of benzene rings is 12. The summed E-state index contributed by atoms with van der Waals surface area (Å²) in [6.45, 7) is 0. The molecule has 0 aliphatic carbocycles. The fourth-order valence-electron chi connectivity index (χ4n) is 9.85. The zero-order valence-corrected chi connectivity index (χ0v) is 37.5. The van der Waals surface area contributed by atoms with E-state index in [1.54, 1.807) is 0 Å². The second-order valence-corrected chi connectivity index (χ2v) is 17.4. The molecule has 12 aromatic rings. The van der Waals surface area contributed by atoms with Crippen molar-refractivity contribution in [2.45, 2.75) is 0 Å². The van der Waals surface area contributed by atoms with Gasteiger partial charge in [-0.3, -0.25) is 0 Å². The molecule has 12 rings (SSSR count). The number of rotatable bonds is 11. The van der Waals surface area contributed by atoms with E-state index >= 15 is 0 Å². The van der Waals surface area contributed by atoms with Gasteiger partial charge < -0.3 is 9.80 Å². The first kappa shape index (κ1) is 40.5. The van der Waals surface area contributed by atoms with Crippen LogP contribution in [-0.2, 0) is 0 Å². The molecule has 0 fully saturated rings. The molecule has 0 aliphatic rings. The quantitative estimate of drug-likeness (QED) is 0.0944. The smallest absolute Gasteiger partial charge is 0.0540 e. The van der Waals surface area contributed by atoms with Crippen LogP contribution in [0.3, 0.4) is 0 Å². The van der Waals surface area contributed by atoms with Gasteiger partial charge in [0.05, 0.1) is 5.69 Å². The van der Waals surface area contributed by atoms with E-state index in [1.807, 2.05) is 12.1 Å². The van der Waals surface area contributed by atoms with Crippen molar-refractivity contribution in [3.8, 4) is 11.1 Å². The Morgan fingerprint density at radius 1 is 0.250 bits per heavy atom. The first-order valence-electron chi connectivity index (χ1n) is 23.3. The topological polar surface area (TPSA) is 6.48 Å². The van der Waals surface area contributed by atoms with Crippen molar-refractivity contribution in [1.29, 1.82) is 0 Å². The largest absolute Gasteiger partial charge is 0.310 e. The minimum Gasteiger partial charge on any atom is -0.310 e. The summed E-state index contributed by atoms with van der Waals surface area (Å²) in [6.07, 6.45) is 8.68. The van der Waals surface area contributed by atoms with Crippen LogP contribution in [0.2, 0.25) is 0 Å². The van der Waals surface area contributed by atoms with E-state index in [1.165, 1.54) is 65.3 Å². The van der Waals surface area contributed by atoms with Gasteiger partial charge in [-0.05, 0) is 150 Å². The normalized spacial score (nSPS) is 11.7. The van der Waals surface area contributed by atoms with Gasteiger partial charge in [0.1, 0.15) is 0 Å². The van der Waals surface area contributed by atoms with Gasteiger partial charge >= 0.3 is 0 Å². The Bertz CT molecular complexity index is 3680. The third-order valence-electron chi connectivity index (χ3n) is 13.1. The second-order valence-electron chi connectivity index (χ2n) is 17.4. The van der Waals surface area contributed by atoms with E-state index in [2.05, 4.69) is 277 Å². The number of anilines is 6. The molecule has 0 spiro atoms. The van der Waals surface area contributed by atoms with E-state index < -0.39 is 0 Å². The number of nitrogens with zero attached hydrogens (tertiary/aromatic N) is 2. The third kappa shape index (κ3) is 7.85. The molecule has 68 heavy (non-hydrogen) atoms. The predicted molar refractivity (Wildman–Crippen MR) is 293 cm³/mol. The summed E-state index contributed by atoms with van der Waals surface area (Å²) in [6, 6.07) is 92.2. The highest BCUT2D eigenvalue weighted by atomic mass is 15.1. The molecule has 2 heteroatoms. The molecule has 0 saturated heterocycles. The number of fused-ring (bicyclic) bond motifs is 1. The van der Waals surface area contributed by atoms with Crippen LogP contribution in [0, 0.1) is 0 Å². The lowest BCUT2D eigenvalue weighted by Crippen LogP contribution is -2.10. The van der Waals surface area contributed by atoms with Gasteiger partial charge in [-0.15, -0.1) is 0 Å². The molecule has 0 aromatic heterocycles. The summed E-state index contributed by atoms with van der Waals surface area (Å²) >= 11 is 0. The van der Waals surface area contributed by atoms with E-state index in [0.717, 1.165) is 45.3 Å². The van der Waals surface area contributed by atoms with Gasteiger partial charge in [-0.2, -0.15) is 0 Å². The van der Waals surface area contributed by atoms with Crippen LogP contribution in [0.15, 0.2) is 255 Å². The van der Waals surface area contributed by atoms with Crippen molar-refractivity contribution >= 4 is 102 Å². The highest BCUT2D eigenvalue weighted by molar-refractivity contribution is 6.25. The summed E-state index contributed by atoms with van der Waals surface area (Å²) in [5.74, 6) is 0. The molecule has 0 aliphatic heterocycles. The van der Waals surface area contributed by atoms with Crippen molar-refractivity contribution < 1.29 is 0 Å². The molecule has 0 radical (unpaired) electrons. The molecule has 2 nitrogen and oxygen atoms in total. The molecule has 0 saturated carbocycles. The van der Waals surface area contributed by atoms with Crippen molar-refractivity contribution in [2.75, 3.05) is 9.80 Å². The fraction of sp³-hybridized carbons (Fsp3) is 0. The Hall–Kier alpha value is -8.98. The van der Waals surface area contributed by atoms with Crippen LogP contribution in [0.4, 0.5) is 34.1 Å². The predicted octanol–water partition coefficient (Wildman–Crippen LogP) is 18.7.